The van der Waals surface area contributed by atoms with Crippen LogP contribution in [-0.4, -0.2) is 14.3 Å². The van der Waals surface area contributed by atoms with Crippen molar-refractivity contribution in [3.05, 3.63) is 94.8 Å². The Morgan fingerprint density at radius 1 is 1.00 bits per heavy atom. The number of hydrogen-bond donors (Lipinski definition) is 2. The Kier molecular flexibility index (Phi) is 6.20. The lowest BCUT2D eigenvalue weighted by atomic mass is 10.1. The minimum Gasteiger partial charge on any atom is -0.345 e. The van der Waals surface area contributed by atoms with Crippen LogP contribution in [0.5, 0.6) is 0 Å². The number of carbonyl (C=O) groups excluding carboxylic acids is 1. The van der Waals surface area contributed by atoms with Gasteiger partial charge in [0.1, 0.15) is 5.82 Å². The Morgan fingerprint density at radius 3 is 2.28 bits per heavy atom. The van der Waals surface area contributed by atoms with Gasteiger partial charge in [0.2, 0.25) is 0 Å². The second-order valence-electron chi connectivity index (χ2n) is 6.36. The molecule has 29 heavy (non-hydrogen) atoms. The highest BCUT2D eigenvalue weighted by Gasteiger charge is 2.17. The molecule has 0 bridgehead atoms. The molecule has 5 nitrogen and oxygen atoms in total. The maximum absolute atomic E-state index is 13.0. The Morgan fingerprint density at radius 2 is 1.66 bits per heavy atom. The van der Waals surface area contributed by atoms with Crippen molar-refractivity contribution in [1.82, 2.24) is 5.32 Å². The lowest BCUT2D eigenvalue weighted by Gasteiger charge is -2.15. The normalized spacial score (nSPS) is 12.2. The lowest BCUT2D eigenvalue weighted by molar-refractivity contribution is 0.0940. The van der Waals surface area contributed by atoms with Crippen LogP contribution in [0.4, 0.5) is 10.1 Å². The van der Waals surface area contributed by atoms with Crippen LogP contribution in [0.15, 0.2) is 77.7 Å². The summed E-state index contributed by atoms with van der Waals surface area (Å²) in [5.74, 6) is -0.784. The molecule has 0 spiro atoms. The van der Waals surface area contributed by atoms with E-state index in [9.17, 15) is 17.6 Å². The monoisotopic (exact) mass is 432 g/mol. The first-order valence-electron chi connectivity index (χ1n) is 8.70. The first kappa shape index (κ1) is 20.8. The third-order valence-electron chi connectivity index (χ3n) is 4.24. The summed E-state index contributed by atoms with van der Waals surface area (Å²) in [5, 5.41) is 2.88. The molecule has 150 valence electrons. The summed E-state index contributed by atoms with van der Waals surface area (Å²) < 4.78 is 40.3. The van der Waals surface area contributed by atoms with E-state index in [0.717, 1.165) is 5.56 Å². The van der Waals surface area contributed by atoms with Crippen LogP contribution >= 0.6 is 11.6 Å². The Balaban J connectivity index is 1.73. The maximum Gasteiger partial charge on any atom is 0.261 e. The van der Waals surface area contributed by atoms with E-state index < -0.39 is 15.9 Å². The standard InChI is InChI=1S/C21H18ClFN2O3S/c1-14(15-7-9-16(23)10-8-15)24-21(26)19-12-11-17(13-20(19)22)25-29(27,28)18-5-3-2-4-6-18/h2-14,25H,1H3,(H,24,26)/t14-/m0/s1. The lowest BCUT2D eigenvalue weighted by Crippen LogP contribution is -2.27. The van der Waals surface area contributed by atoms with Crippen LogP contribution in [-0.2, 0) is 10.0 Å². The van der Waals surface area contributed by atoms with E-state index in [-0.39, 0.29) is 33.0 Å². The second kappa shape index (κ2) is 8.63. The highest BCUT2D eigenvalue weighted by Crippen LogP contribution is 2.24. The van der Waals surface area contributed by atoms with Gasteiger partial charge in [-0.1, -0.05) is 41.9 Å². The number of halogens is 2. The molecule has 3 rings (SSSR count). The van der Waals surface area contributed by atoms with Crippen LogP contribution in [0.3, 0.4) is 0 Å². The number of carbonyl (C=O) groups is 1. The van der Waals surface area contributed by atoms with E-state index in [1.165, 1.54) is 42.5 Å². The molecule has 0 heterocycles. The van der Waals surface area contributed by atoms with Crippen LogP contribution in [0.25, 0.3) is 0 Å². The van der Waals surface area contributed by atoms with E-state index in [4.69, 9.17) is 11.6 Å². The van der Waals surface area contributed by atoms with E-state index in [1.807, 2.05) is 0 Å². The molecular formula is C21H18ClFN2O3S. The molecule has 1 atom stereocenters. The first-order valence-corrected chi connectivity index (χ1v) is 10.6. The minimum absolute atomic E-state index is 0.0991. The van der Waals surface area contributed by atoms with Crippen molar-refractivity contribution in [2.24, 2.45) is 0 Å². The largest absolute Gasteiger partial charge is 0.345 e. The molecule has 2 N–H and O–H groups in total. The van der Waals surface area contributed by atoms with Crippen LogP contribution in [0.1, 0.15) is 28.9 Å². The molecule has 8 heteroatoms. The molecule has 0 fully saturated rings. The van der Waals surface area contributed by atoms with Crippen molar-refractivity contribution in [2.75, 3.05) is 4.72 Å². The summed E-state index contributed by atoms with van der Waals surface area (Å²) in [6.07, 6.45) is 0. The van der Waals surface area contributed by atoms with E-state index >= 15 is 0 Å². The second-order valence-corrected chi connectivity index (χ2v) is 8.45. The molecule has 0 saturated heterocycles. The summed E-state index contributed by atoms with van der Waals surface area (Å²) in [7, 11) is -3.76. The van der Waals surface area contributed by atoms with Crippen molar-refractivity contribution in [1.29, 1.82) is 0 Å². The number of anilines is 1. The van der Waals surface area contributed by atoms with Crippen molar-refractivity contribution < 1.29 is 17.6 Å². The van der Waals surface area contributed by atoms with Gasteiger partial charge in [-0.15, -0.1) is 0 Å². The molecule has 0 aliphatic heterocycles. The average molecular weight is 433 g/mol. The smallest absolute Gasteiger partial charge is 0.261 e. The summed E-state index contributed by atoms with van der Waals surface area (Å²) in [5.41, 5.74) is 1.17. The van der Waals surface area contributed by atoms with E-state index in [1.54, 1.807) is 37.3 Å². The number of nitrogens with one attached hydrogen (secondary N) is 2. The quantitative estimate of drug-likeness (QED) is 0.589. The average Bonchev–Trinajstić information content (AvgIpc) is 2.69. The topological polar surface area (TPSA) is 75.3 Å². The zero-order valence-corrected chi connectivity index (χ0v) is 17.0. The van der Waals surface area contributed by atoms with Gasteiger partial charge in [0.25, 0.3) is 15.9 Å². The third-order valence-corrected chi connectivity index (χ3v) is 5.95. The van der Waals surface area contributed by atoms with Gasteiger partial charge in [0.05, 0.1) is 27.2 Å². The maximum atomic E-state index is 13.0. The fourth-order valence-electron chi connectivity index (χ4n) is 2.69. The van der Waals surface area contributed by atoms with Gasteiger partial charge in [-0.05, 0) is 55.0 Å². The summed E-state index contributed by atoms with van der Waals surface area (Å²) in [6.45, 7) is 1.77. The minimum atomic E-state index is -3.76. The number of sulfonamides is 1. The first-order chi connectivity index (χ1) is 13.8. The van der Waals surface area contributed by atoms with Crippen LogP contribution < -0.4 is 10.0 Å². The highest BCUT2D eigenvalue weighted by atomic mass is 35.5. The zero-order chi connectivity index (χ0) is 21.0. The molecule has 1 amide bonds. The fraction of sp³-hybridized carbons (Fsp3) is 0.0952. The van der Waals surface area contributed by atoms with Crippen molar-refractivity contribution in [2.45, 2.75) is 17.9 Å². The van der Waals surface area contributed by atoms with Crippen LogP contribution in [0, 0.1) is 5.82 Å². The van der Waals surface area contributed by atoms with Gasteiger partial charge in [0, 0.05) is 0 Å². The van der Waals surface area contributed by atoms with Crippen molar-refractivity contribution >= 4 is 33.2 Å². The predicted octanol–water partition coefficient (Wildman–Crippen LogP) is 4.77. The molecule has 0 aliphatic rings. The SMILES string of the molecule is C[C@H](NC(=O)c1ccc(NS(=O)(=O)c2ccccc2)cc1Cl)c1ccc(F)cc1. The molecule has 3 aromatic rings. The third kappa shape index (κ3) is 5.13. The zero-order valence-electron chi connectivity index (χ0n) is 15.4. The van der Waals surface area contributed by atoms with Crippen molar-refractivity contribution in [3.8, 4) is 0 Å². The van der Waals surface area contributed by atoms with E-state index in [2.05, 4.69) is 10.0 Å². The Hall–Kier alpha value is -2.90. The van der Waals surface area contributed by atoms with Gasteiger partial charge < -0.3 is 5.32 Å². The molecule has 0 aromatic heterocycles. The van der Waals surface area contributed by atoms with E-state index in [0.29, 0.717) is 0 Å². The summed E-state index contributed by atoms with van der Waals surface area (Å²) in [6, 6.07) is 17.6. The van der Waals surface area contributed by atoms with Crippen molar-refractivity contribution in [3.63, 3.8) is 0 Å². The highest BCUT2D eigenvalue weighted by molar-refractivity contribution is 7.92. The number of benzene rings is 3. The molecule has 3 aromatic carbocycles. The number of rotatable bonds is 6. The van der Waals surface area contributed by atoms with Gasteiger partial charge in [0.15, 0.2) is 0 Å². The van der Waals surface area contributed by atoms with Crippen LogP contribution in [0.2, 0.25) is 5.02 Å². The number of amides is 1. The summed E-state index contributed by atoms with van der Waals surface area (Å²) in [4.78, 5) is 12.6. The Bertz CT molecular complexity index is 1120. The fourth-order valence-corrected chi connectivity index (χ4v) is 4.02. The Labute approximate surface area is 173 Å². The predicted molar refractivity (Wildman–Crippen MR) is 111 cm³/mol. The van der Waals surface area contributed by atoms with Gasteiger partial charge in [-0.2, -0.15) is 0 Å². The molecule has 0 radical (unpaired) electrons. The summed E-state index contributed by atoms with van der Waals surface area (Å²) >= 11 is 6.20. The molecular weight excluding hydrogens is 415 g/mol. The van der Waals surface area contributed by atoms with Gasteiger partial charge in [-0.3, -0.25) is 9.52 Å². The van der Waals surface area contributed by atoms with Gasteiger partial charge >= 0.3 is 0 Å². The molecule has 0 aliphatic carbocycles. The molecule has 0 saturated carbocycles. The number of hydrogen-bond acceptors (Lipinski definition) is 3. The molecule has 0 unspecified atom stereocenters. The van der Waals surface area contributed by atoms with Gasteiger partial charge in [-0.25, -0.2) is 12.8 Å².